The van der Waals surface area contributed by atoms with Gasteiger partial charge in [-0.3, -0.25) is 4.90 Å². The van der Waals surface area contributed by atoms with E-state index in [9.17, 15) is 4.79 Å². The van der Waals surface area contributed by atoms with Gasteiger partial charge in [0.1, 0.15) is 17.2 Å². The Morgan fingerprint density at radius 3 is 2.88 bits per heavy atom. The topological polar surface area (TPSA) is 67.5 Å². The number of hydrogen-bond donors (Lipinski definition) is 1. The molecule has 1 saturated heterocycles. The van der Waals surface area contributed by atoms with Crippen molar-refractivity contribution in [1.82, 2.24) is 14.9 Å². The fourth-order valence-electron chi connectivity index (χ4n) is 3.03. The van der Waals surface area contributed by atoms with Gasteiger partial charge in [-0.25, -0.2) is 9.78 Å². The average Bonchev–Trinajstić information content (AvgIpc) is 3.22. The second kappa shape index (κ2) is 6.78. The van der Waals surface area contributed by atoms with Gasteiger partial charge in [-0.2, -0.15) is 0 Å². The molecule has 6 heteroatoms. The van der Waals surface area contributed by atoms with Crippen LogP contribution in [0.5, 0.6) is 5.75 Å². The summed E-state index contributed by atoms with van der Waals surface area (Å²) in [5, 5.41) is 0. The normalized spacial score (nSPS) is 17.6. The van der Waals surface area contributed by atoms with E-state index in [-0.39, 0.29) is 12.1 Å². The number of likely N-dealkylation sites (tertiary alicyclic amines) is 1. The molecule has 1 N–H and O–H groups in total. The quantitative estimate of drug-likeness (QED) is 0.909. The minimum Gasteiger partial charge on any atom is -0.497 e. The SMILES string of the molecule is COc1cccc(-c2c[nH]c([C@@H]3CCCN3C(=O)OC(C)(C)C)n2)c1. The molecule has 2 heterocycles. The summed E-state index contributed by atoms with van der Waals surface area (Å²) in [6.45, 7) is 6.33. The molecule has 0 radical (unpaired) electrons. The van der Waals surface area contributed by atoms with E-state index in [4.69, 9.17) is 14.5 Å². The van der Waals surface area contributed by atoms with Crippen LogP contribution in [-0.4, -0.2) is 40.2 Å². The van der Waals surface area contributed by atoms with E-state index in [2.05, 4.69) is 4.98 Å². The second-order valence-corrected chi connectivity index (χ2v) is 7.23. The second-order valence-electron chi connectivity index (χ2n) is 7.23. The van der Waals surface area contributed by atoms with Crippen molar-refractivity contribution in [1.29, 1.82) is 0 Å². The lowest BCUT2D eigenvalue weighted by atomic mass is 10.1. The van der Waals surface area contributed by atoms with Crippen molar-refractivity contribution in [3.63, 3.8) is 0 Å². The molecule has 6 nitrogen and oxygen atoms in total. The molecule has 0 spiro atoms. The minimum atomic E-state index is -0.501. The molecule has 1 aromatic heterocycles. The number of imidazole rings is 1. The molecule has 0 aliphatic carbocycles. The third kappa shape index (κ3) is 3.95. The molecule has 1 atom stereocenters. The van der Waals surface area contributed by atoms with Gasteiger partial charge < -0.3 is 14.5 Å². The maximum Gasteiger partial charge on any atom is 0.410 e. The highest BCUT2D eigenvalue weighted by molar-refractivity contribution is 5.69. The Kier molecular flexibility index (Phi) is 4.70. The van der Waals surface area contributed by atoms with Gasteiger partial charge in [0.25, 0.3) is 0 Å². The molecular formula is C19H25N3O3. The lowest BCUT2D eigenvalue weighted by molar-refractivity contribution is 0.0219. The number of hydrogen-bond acceptors (Lipinski definition) is 4. The van der Waals surface area contributed by atoms with Crippen molar-refractivity contribution < 1.29 is 14.3 Å². The summed E-state index contributed by atoms with van der Waals surface area (Å²) < 4.78 is 10.8. The number of rotatable bonds is 3. The summed E-state index contributed by atoms with van der Waals surface area (Å²) in [5.74, 6) is 1.58. The number of H-pyrrole nitrogens is 1. The zero-order chi connectivity index (χ0) is 18.0. The first-order chi connectivity index (χ1) is 11.9. The van der Waals surface area contributed by atoms with E-state index in [0.29, 0.717) is 6.54 Å². The highest BCUT2D eigenvalue weighted by atomic mass is 16.6. The molecule has 0 unspecified atom stereocenters. The Morgan fingerprint density at radius 1 is 1.36 bits per heavy atom. The third-order valence-corrected chi connectivity index (χ3v) is 4.16. The maximum atomic E-state index is 12.5. The van der Waals surface area contributed by atoms with Crippen molar-refractivity contribution in [3.8, 4) is 17.0 Å². The molecule has 3 rings (SSSR count). The van der Waals surface area contributed by atoms with Crippen molar-refractivity contribution in [2.75, 3.05) is 13.7 Å². The number of carbonyl (C=O) groups excluding carboxylic acids is 1. The van der Waals surface area contributed by atoms with Crippen LogP contribution in [0.3, 0.4) is 0 Å². The average molecular weight is 343 g/mol. The predicted molar refractivity (Wildman–Crippen MR) is 95.5 cm³/mol. The fourth-order valence-corrected chi connectivity index (χ4v) is 3.03. The van der Waals surface area contributed by atoms with Crippen LogP contribution in [0, 0.1) is 0 Å². The predicted octanol–water partition coefficient (Wildman–Crippen LogP) is 4.16. The Balaban J connectivity index is 1.80. The molecule has 25 heavy (non-hydrogen) atoms. The van der Waals surface area contributed by atoms with E-state index in [1.807, 2.05) is 51.2 Å². The minimum absolute atomic E-state index is 0.0748. The highest BCUT2D eigenvalue weighted by Crippen LogP contribution is 2.33. The summed E-state index contributed by atoms with van der Waals surface area (Å²) in [6, 6.07) is 7.70. The lowest BCUT2D eigenvalue weighted by Crippen LogP contribution is -2.36. The molecule has 1 amide bonds. The zero-order valence-electron chi connectivity index (χ0n) is 15.2. The van der Waals surface area contributed by atoms with Gasteiger partial charge in [0, 0.05) is 18.3 Å². The number of aromatic nitrogens is 2. The summed E-state index contributed by atoms with van der Waals surface area (Å²) in [7, 11) is 1.65. The third-order valence-electron chi connectivity index (χ3n) is 4.16. The molecular weight excluding hydrogens is 318 g/mol. The maximum absolute atomic E-state index is 12.5. The van der Waals surface area contributed by atoms with E-state index in [1.165, 1.54) is 0 Å². The number of carbonyl (C=O) groups is 1. The highest BCUT2D eigenvalue weighted by Gasteiger charge is 2.34. The molecule has 1 fully saturated rings. The van der Waals surface area contributed by atoms with Crippen molar-refractivity contribution in [2.24, 2.45) is 0 Å². The number of nitrogens with zero attached hydrogens (tertiary/aromatic N) is 2. The molecule has 0 bridgehead atoms. The van der Waals surface area contributed by atoms with Crippen LogP contribution in [0.1, 0.15) is 45.5 Å². The summed E-state index contributed by atoms with van der Waals surface area (Å²) in [4.78, 5) is 22.2. The van der Waals surface area contributed by atoms with Gasteiger partial charge >= 0.3 is 6.09 Å². The largest absolute Gasteiger partial charge is 0.497 e. The molecule has 0 saturated carbocycles. The zero-order valence-corrected chi connectivity index (χ0v) is 15.2. The van der Waals surface area contributed by atoms with Crippen LogP contribution < -0.4 is 4.74 Å². The van der Waals surface area contributed by atoms with Gasteiger partial charge in [0.15, 0.2) is 0 Å². The number of nitrogens with one attached hydrogen (secondary N) is 1. The first-order valence-electron chi connectivity index (χ1n) is 8.57. The summed E-state index contributed by atoms with van der Waals surface area (Å²) >= 11 is 0. The van der Waals surface area contributed by atoms with Crippen LogP contribution in [0.2, 0.25) is 0 Å². The van der Waals surface area contributed by atoms with Gasteiger partial charge in [-0.1, -0.05) is 12.1 Å². The Labute approximate surface area is 148 Å². The Hall–Kier alpha value is -2.50. The Morgan fingerprint density at radius 2 is 2.16 bits per heavy atom. The summed E-state index contributed by atoms with van der Waals surface area (Å²) in [5.41, 5.74) is 1.31. The van der Waals surface area contributed by atoms with Gasteiger partial charge in [-0.15, -0.1) is 0 Å². The number of benzene rings is 1. The van der Waals surface area contributed by atoms with E-state index in [0.717, 1.165) is 35.7 Å². The van der Waals surface area contributed by atoms with Gasteiger partial charge in [-0.05, 0) is 45.7 Å². The van der Waals surface area contributed by atoms with Crippen molar-refractivity contribution in [3.05, 3.63) is 36.3 Å². The van der Waals surface area contributed by atoms with Crippen LogP contribution in [-0.2, 0) is 4.74 Å². The lowest BCUT2D eigenvalue weighted by Gasteiger charge is -2.27. The molecule has 2 aromatic rings. The Bertz CT molecular complexity index is 748. The number of ether oxygens (including phenoxy) is 2. The van der Waals surface area contributed by atoms with Crippen molar-refractivity contribution >= 4 is 6.09 Å². The number of aromatic amines is 1. The number of amides is 1. The van der Waals surface area contributed by atoms with Gasteiger partial charge in [0.05, 0.1) is 18.8 Å². The molecule has 1 aliphatic rings. The number of methoxy groups -OCH3 is 1. The van der Waals surface area contributed by atoms with Gasteiger partial charge in [0.2, 0.25) is 0 Å². The monoisotopic (exact) mass is 343 g/mol. The molecule has 1 aliphatic heterocycles. The molecule has 134 valence electrons. The van der Waals surface area contributed by atoms with E-state index < -0.39 is 5.60 Å². The summed E-state index contributed by atoms with van der Waals surface area (Å²) in [6.07, 6.45) is 3.41. The first-order valence-corrected chi connectivity index (χ1v) is 8.57. The standard InChI is InChI=1S/C19H25N3O3/c1-19(2,3)25-18(23)22-10-6-9-16(22)17-20-12-15(21-17)13-7-5-8-14(11-13)24-4/h5,7-8,11-12,16H,6,9-10H2,1-4H3,(H,20,21)/t16-/m0/s1. The molecule has 1 aromatic carbocycles. The van der Waals surface area contributed by atoms with Crippen molar-refractivity contribution in [2.45, 2.75) is 45.3 Å². The van der Waals surface area contributed by atoms with Crippen LogP contribution in [0.15, 0.2) is 30.5 Å². The van der Waals surface area contributed by atoms with Crippen LogP contribution in [0.4, 0.5) is 4.79 Å². The smallest absolute Gasteiger partial charge is 0.410 e. The fraction of sp³-hybridized carbons (Fsp3) is 0.474. The van der Waals surface area contributed by atoms with Crippen LogP contribution >= 0.6 is 0 Å². The first kappa shape index (κ1) is 17.3. The van der Waals surface area contributed by atoms with Crippen LogP contribution in [0.25, 0.3) is 11.3 Å². The van der Waals surface area contributed by atoms with E-state index in [1.54, 1.807) is 12.0 Å². The van der Waals surface area contributed by atoms with E-state index >= 15 is 0 Å².